The largest absolute Gasteiger partial charge is 0.454 e. The minimum atomic E-state index is 0.220. The van der Waals surface area contributed by atoms with Crippen LogP contribution >= 0.6 is 0 Å². The lowest BCUT2D eigenvalue weighted by Crippen LogP contribution is -1.93. The van der Waals surface area contributed by atoms with Gasteiger partial charge >= 0.3 is 0 Å². The van der Waals surface area contributed by atoms with Gasteiger partial charge in [0.05, 0.1) is 11.4 Å². The van der Waals surface area contributed by atoms with Crippen LogP contribution in [0.3, 0.4) is 0 Å². The number of benzene rings is 2. The molecule has 0 radical (unpaired) electrons. The fraction of sp³-hybridized carbons (Fsp3) is 0.0952. The van der Waals surface area contributed by atoms with Crippen molar-refractivity contribution in [3.05, 3.63) is 54.9 Å². The van der Waals surface area contributed by atoms with Crippen LogP contribution in [0, 0.1) is 0 Å². The first-order chi connectivity index (χ1) is 14.3. The number of hydrogen-bond donors (Lipinski definition) is 1. The maximum Gasteiger partial charge on any atom is 0.231 e. The van der Waals surface area contributed by atoms with Gasteiger partial charge in [0.25, 0.3) is 0 Å². The molecule has 142 valence electrons. The normalized spacial score (nSPS) is 13.7. The SMILES string of the molecule is c1cnc(-c2nc(-c3ccc4c(c3)OCO4)c(-c3ccc4c(c3)OCO4)[nH]2)nc1. The van der Waals surface area contributed by atoms with Crippen LogP contribution in [0.4, 0.5) is 0 Å². The van der Waals surface area contributed by atoms with Crippen molar-refractivity contribution in [3.8, 4) is 57.2 Å². The van der Waals surface area contributed by atoms with Crippen molar-refractivity contribution < 1.29 is 18.9 Å². The molecule has 2 aromatic heterocycles. The Kier molecular flexibility index (Phi) is 3.43. The molecular formula is C21H14N4O4. The third-order valence-electron chi connectivity index (χ3n) is 4.79. The summed E-state index contributed by atoms with van der Waals surface area (Å²) in [5, 5.41) is 0. The van der Waals surface area contributed by atoms with Crippen LogP contribution in [0.5, 0.6) is 23.0 Å². The van der Waals surface area contributed by atoms with E-state index in [1.807, 2.05) is 36.4 Å². The lowest BCUT2D eigenvalue weighted by Gasteiger charge is -2.05. The van der Waals surface area contributed by atoms with E-state index in [1.54, 1.807) is 18.5 Å². The van der Waals surface area contributed by atoms with Gasteiger partial charge in [0.2, 0.25) is 13.6 Å². The molecule has 4 aromatic rings. The van der Waals surface area contributed by atoms with Gasteiger partial charge in [-0.15, -0.1) is 0 Å². The van der Waals surface area contributed by atoms with E-state index in [0.29, 0.717) is 23.1 Å². The summed E-state index contributed by atoms with van der Waals surface area (Å²) >= 11 is 0. The van der Waals surface area contributed by atoms with Crippen molar-refractivity contribution in [2.75, 3.05) is 13.6 Å². The predicted molar refractivity (Wildman–Crippen MR) is 103 cm³/mol. The van der Waals surface area contributed by atoms with E-state index >= 15 is 0 Å². The Bertz CT molecular complexity index is 1150. The average Bonchev–Trinajstić information content (AvgIpc) is 3.52. The Morgan fingerprint density at radius 1 is 0.724 bits per heavy atom. The van der Waals surface area contributed by atoms with E-state index in [2.05, 4.69) is 15.0 Å². The molecule has 0 spiro atoms. The Hall–Kier alpha value is -4.07. The molecule has 8 nitrogen and oxygen atoms in total. The van der Waals surface area contributed by atoms with Gasteiger partial charge in [0.15, 0.2) is 34.6 Å². The first-order valence-electron chi connectivity index (χ1n) is 9.02. The van der Waals surface area contributed by atoms with Gasteiger partial charge in [-0.1, -0.05) is 0 Å². The first kappa shape index (κ1) is 15.9. The molecule has 0 saturated carbocycles. The molecule has 0 aliphatic carbocycles. The molecule has 0 unspecified atom stereocenters. The van der Waals surface area contributed by atoms with E-state index in [9.17, 15) is 0 Å². The number of ether oxygens (including phenoxy) is 4. The smallest absolute Gasteiger partial charge is 0.231 e. The van der Waals surface area contributed by atoms with Crippen molar-refractivity contribution >= 4 is 0 Å². The van der Waals surface area contributed by atoms with Gasteiger partial charge in [-0.3, -0.25) is 0 Å². The summed E-state index contributed by atoms with van der Waals surface area (Å²) in [4.78, 5) is 16.8. The molecule has 4 heterocycles. The van der Waals surface area contributed by atoms with Crippen molar-refractivity contribution in [1.29, 1.82) is 0 Å². The summed E-state index contributed by atoms with van der Waals surface area (Å²) in [6.07, 6.45) is 3.37. The van der Waals surface area contributed by atoms with Crippen LogP contribution < -0.4 is 18.9 Å². The number of rotatable bonds is 3. The minimum absolute atomic E-state index is 0.220. The lowest BCUT2D eigenvalue weighted by atomic mass is 10.0. The molecule has 1 N–H and O–H groups in total. The fourth-order valence-corrected chi connectivity index (χ4v) is 3.41. The van der Waals surface area contributed by atoms with Crippen LogP contribution in [0.2, 0.25) is 0 Å². The highest BCUT2D eigenvalue weighted by molar-refractivity contribution is 5.82. The summed E-state index contributed by atoms with van der Waals surface area (Å²) in [6, 6.07) is 13.3. The fourth-order valence-electron chi connectivity index (χ4n) is 3.41. The number of fused-ring (bicyclic) bond motifs is 2. The molecule has 2 aliphatic heterocycles. The maximum absolute atomic E-state index is 5.54. The van der Waals surface area contributed by atoms with Crippen LogP contribution in [0.25, 0.3) is 34.2 Å². The molecular weight excluding hydrogens is 372 g/mol. The highest BCUT2D eigenvalue weighted by Gasteiger charge is 2.22. The van der Waals surface area contributed by atoms with E-state index in [4.69, 9.17) is 23.9 Å². The zero-order valence-corrected chi connectivity index (χ0v) is 15.1. The highest BCUT2D eigenvalue weighted by atomic mass is 16.7. The third-order valence-corrected chi connectivity index (χ3v) is 4.79. The second-order valence-electron chi connectivity index (χ2n) is 6.52. The molecule has 0 bridgehead atoms. The first-order valence-corrected chi connectivity index (χ1v) is 9.02. The van der Waals surface area contributed by atoms with Gasteiger partial charge in [-0.2, -0.15) is 0 Å². The van der Waals surface area contributed by atoms with Crippen molar-refractivity contribution in [2.24, 2.45) is 0 Å². The molecule has 2 aromatic carbocycles. The second-order valence-corrected chi connectivity index (χ2v) is 6.52. The predicted octanol–water partition coefficient (Wildman–Crippen LogP) is 3.66. The van der Waals surface area contributed by atoms with E-state index in [1.165, 1.54) is 0 Å². The summed E-state index contributed by atoms with van der Waals surface area (Å²) < 4.78 is 21.9. The Morgan fingerprint density at radius 2 is 1.34 bits per heavy atom. The maximum atomic E-state index is 5.54. The van der Waals surface area contributed by atoms with Crippen molar-refractivity contribution in [1.82, 2.24) is 19.9 Å². The van der Waals surface area contributed by atoms with E-state index in [0.717, 1.165) is 34.0 Å². The quantitative estimate of drug-likeness (QED) is 0.574. The van der Waals surface area contributed by atoms with E-state index in [-0.39, 0.29) is 13.6 Å². The molecule has 0 atom stereocenters. The Labute approximate surface area is 165 Å². The number of nitrogens with zero attached hydrogens (tertiary/aromatic N) is 3. The van der Waals surface area contributed by atoms with Gasteiger partial charge < -0.3 is 23.9 Å². The molecule has 0 amide bonds. The average molecular weight is 386 g/mol. The van der Waals surface area contributed by atoms with E-state index < -0.39 is 0 Å². The molecule has 0 fully saturated rings. The zero-order chi connectivity index (χ0) is 19.2. The highest BCUT2D eigenvalue weighted by Crippen LogP contribution is 2.41. The molecule has 2 aliphatic rings. The van der Waals surface area contributed by atoms with Crippen LogP contribution in [0.1, 0.15) is 0 Å². The van der Waals surface area contributed by atoms with Crippen LogP contribution in [-0.4, -0.2) is 33.5 Å². The number of aromatic amines is 1. The summed E-state index contributed by atoms with van der Waals surface area (Å²) in [5.41, 5.74) is 3.38. The number of imidazole rings is 1. The minimum Gasteiger partial charge on any atom is -0.454 e. The third kappa shape index (κ3) is 2.65. The zero-order valence-electron chi connectivity index (χ0n) is 15.1. The molecule has 29 heavy (non-hydrogen) atoms. The molecule has 0 saturated heterocycles. The van der Waals surface area contributed by atoms with Crippen LogP contribution in [-0.2, 0) is 0 Å². The number of nitrogens with one attached hydrogen (secondary N) is 1. The van der Waals surface area contributed by atoms with Gasteiger partial charge in [0, 0.05) is 23.5 Å². The monoisotopic (exact) mass is 386 g/mol. The van der Waals surface area contributed by atoms with Gasteiger partial charge in [-0.25, -0.2) is 15.0 Å². The lowest BCUT2D eigenvalue weighted by molar-refractivity contribution is 0.173. The molecule has 8 heteroatoms. The van der Waals surface area contributed by atoms with Crippen molar-refractivity contribution in [2.45, 2.75) is 0 Å². The Balaban J connectivity index is 1.53. The standard InChI is InChI=1S/C21H14N4O4/c1-6-22-20(23-7-1)21-24-18(12-2-4-14-16(8-12)28-10-26-14)19(25-21)13-3-5-15-17(9-13)29-11-27-15/h1-9H,10-11H2,(H,24,25). The number of hydrogen-bond acceptors (Lipinski definition) is 7. The number of H-pyrrole nitrogens is 1. The summed E-state index contributed by atoms with van der Waals surface area (Å²) in [5.74, 6) is 3.93. The van der Waals surface area contributed by atoms with Gasteiger partial charge in [0.1, 0.15) is 0 Å². The number of aromatic nitrogens is 4. The summed E-state index contributed by atoms with van der Waals surface area (Å²) in [7, 11) is 0. The van der Waals surface area contributed by atoms with Gasteiger partial charge in [-0.05, 0) is 42.5 Å². The topological polar surface area (TPSA) is 91.4 Å². The Morgan fingerprint density at radius 3 is 2.07 bits per heavy atom. The van der Waals surface area contributed by atoms with Crippen LogP contribution in [0.15, 0.2) is 54.9 Å². The summed E-state index contributed by atoms with van der Waals surface area (Å²) in [6.45, 7) is 0.442. The molecule has 6 rings (SSSR count). The second kappa shape index (κ2) is 6.23. The van der Waals surface area contributed by atoms with Crippen molar-refractivity contribution in [3.63, 3.8) is 0 Å².